The number of piperidine rings is 1. The van der Waals surface area contributed by atoms with E-state index >= 15 is 0 Å². The summed E-state index contributed by atoms with van der Waals surface area (Å²) in [4.78, 5) is 21.8. The van der Waals surface area contributed by atoms with Crippen LogP contribution in [0.5, 0.6) is 0 Å². The minimum atomic E-state index is -1.54. The van der Waals surface area contributed by atoms with Crippen LogP contribution in [-0.2, 0) is 21.6 Å². The molecule has 0 amide bonds. The van der Waals surface area contributed by atoms with Gasteiger partial charge in [-0.05, 0) is 24.8 Å². The van der Waals surface area contributed by atoms with E-state index in [0.29, 0.717) is 5.56 Å². The molecule has 1 aromatic heterocycles. The summed E-state index contributed by atoms with van der Waals surface area (Å²) in [5.74, 6) is -0.525. The van der Waals surface area contributed by atoms with Gasteiger partial charge in [-0.1, -0.05) is 43.2 Å². The molecule has 0 spiro atoms. The monoisotopic (exact) mass is 438 g/mol. The van der Waals surface area contributed by atoms with Crippen LogP contribution in [0.3, 0.4) is 0 Å². The molecule has 172 valence electrons. The van der Waals surface area contributed by atoms with Crippen LogP contribution in [0.2, 0.25) is 0 Å². The fraction of sp³-hybridized carbons (Fsp3) is 0.577. The summed E-state index contributed by atoms with van der Waals surface area (Å²) in [7, 11) is 2.29. The van der Waals surface area contributed by atoms with Crippen molar-refractivity contribution in [1.82, 2.24) is 9.97 Å². The summed E-state index contributed by atoms with van der Waals surface area (Å²) in [6.07, 6.45) is 12.7. The number of esters is 1. The molecule has 1 aromatic carbocycles. The van der Waals surface area contributed by atoms with Crippen LogP contribution in [0.4, 0.5) is 0 Å². The second-order valence-corrected chi connectivity index (χ2v) is 9.81. The molecule has 1 unspecified atom stereocenters. The summed E-state index contributed by atoms with van der Waals surface area (Å²) in [6, 6.07) is 9.38. The van der Waals surface area contributed by atoms with Crippen molar-refractivity contribution in [2.45, 2.75) is 63.1 Å². The van der Waals surface area contributed by atoms with E-state index in [1.807, 2.05) is 36.5 Å². The molecular formula is C26H36N3O3+. The lowest BCUT2D eigenvalue weighted by Crippen LogP contribution is -2.53. The van der Waals surface area contributed by atoms with E-state index < -0.39 is 11.6 Å². The number of benzene rings is 1. The molecular weight excluding hydrogens is 402 g/mol. The third-order valence-electron chi connectivity index (χ3n) is 7.47. The predicted octanol–water partition coefficient (Wildman–Crippen LogP) is 3.64. The zero-order chi connectivity index (χ0) is 22.4. The van der Waals surface area contributed by atoms with E-state index in [1.165, 1.54) is 0 Å². The molecule has 2 aromatic rings. The van der Waals surface area contributed by atoms with Gasteiger partial charge in [-0.25, -0.2) is 4.79 Å². The Morgan fingerprint density at radius 3 is 2.50 bits per heavy atom. The van der Waals surface area contributed by atoms with Crippen LogP contribution < -0.4 is 0 Å². The highest BCUT2D eigenvalue weighted by Crippen LogP contribution is 2.42. The van der Waals surface area contributed by atoms with Gasteiger partial charge in [-0.3, -0.25) is 9.97 Å². The Morgan fingerprint density at radius 1 is 1.12 bits per heavy atom. The molecule has 6 heteroatoms. The number of aromatic nitrogens is 2. The van der Waals surface area contributed by atoms with Crippen molar-refractivity contribution in [2.75, 3.05) is 26.7 Å². The number of quaternary nitrogens is 1. The Kier molecular flexibility index (Phi) is 7.21. The molecule has 1 aliphatic heterocycles. The van der Waals surface area contributed by atoms with Crippen molar-refractivity contribution in [3.63, 3.8) is 0 Å². The van der Waals surface area contributed by atoms with Gasteiger partial charge in [0.15, 0.2) is 5.60 Å². The first kappa shape index (κ1) is 22.9. The van der Waals surface area contributed by atoms with Crippen LogP contribution >= 0.6 is 0 Å². The predicted molar refractivity (Wildman–Crippen MR) is 123 cm³/mol. The van der Waals surface area contributed by atoms with E-state index in [-0.39, 0.29) is 12.0 Å². The van der Waals surface area contributed by atoms with Gasteiger partial charge in [0.2, 0.25) is 0 Å². The Bertz CT molecular complexity index is 862. The summed E-state index contributed by atoms with van der Waals surface area (Å²) < 4.78 is 6.96. The molecule has 4 rings (SSSR count). The first-order chi connectivity index (χ1) is 15.5. The summed E-state index contributed by atoms with van der Waals surface area (Å²) >= 11 is 0. The van der Waals surface area contributed by atoms with Crippen LogP contribution in [0, 0.1) is 5.92 Å². The van der Waals surface area contributed by atoms with E-state index in [9.17, 15) is 9.90 Å². The average molecular weight is 439 g/mol. The normalized spacial score (nSPS) is 25.9. The van der Waals surface area contributed by atoms with Gasteiger partial charge in [0, 0.05) is 43.8 Å². The number of aryl methyl sites for hydroxylation is 1. The average Bonchev–Trinajstić information content (AvgIpc) is 3.37. The van der Waals surface area contributed by atoms with Gasteiger partial charge < -0.3 is 14.3 Å². The van der Waals surface area contributed by atoms with Crippen molar-refractivity contribution in [1.29, 1.82) is 0 Å². The summed E-state index contributed by atoms with van der Waals surface area (Å²) in [6.45, 7) is 3.03. The zero-order valence-electron chi connectivity index (χ0n) is 19.2. The number of aliphatic hydroxyl groups is 1. The lowest BCUT2D eigenvalue weighted by atomic mass is 9.80. The molecule has 2 aliphatic rings. The standard InChI is InChI=1S/C26H36N3O3/c1-29(17-7-12-23-20-27-15-16-28-23)18-13-24(14-19-29)32-25(30)26(31,22-10-5-6-11-22)21-8-3-2-4-9-21/h2-4,8-9,15-16,20,22,24,31H,5-7,10-14,17-19H2,1H3/q+1. The third kappa shape index (κ3) is 5.18. The van der Waals surface area contributed by atoms with Gasteiger partial charge in [0.1, 0.15) is 6.10 Å². The molecule has 6 nitrogen and oxygen atoms in total. The maximum Gasteiger partial charge on any atom is 0.343 e. The maximum absolute atomic E-state index is 13.3. The first-order valence-electron chi connectivity index (χ1n) is 12.1. The first-order valence-corrected chi connectivity index (χ1v) is 12.1. The van der Waals surface area contributed by atoms with Gasteiger partial charge >= 0.3 is 5.97 Å². The lowest BCUT2D eigenvalue weighted by molar-refractivity contribution is -0.915. The molecule has 1 aliphatic carbocycles. The van der Waals surface area contributed by atoms with Gasteiger partial charge in [-0.2, -0.15) is 0 Å². The van der Waals surface area contributed by atoms with Crippen molar-refractivity contribution in [2.24, 2.45) is 5.92 Å². The van der Waals surface area contributed by atoms with Crippen molar-refractivity contribution < 1.29 is 19.1 Å². The van der Waals surface area contributed by atoms with E-state index in [2.05, 4.69) is 17.0 Å². The van der Waals surface area contributed by atoms with Crippen molar-refractivity contribution in [3.05, 3.63) is 60.2 Å². The molecule has 0 radical (unpaired) electrons. The maximum atomic E-state index is 13.3. The topological polar surface area (TPSA) is 72.3 Å². The third-order valence-corrected chi connectivity index (χ3v) is 7.47. The second-order valence-electron chi connectivity index (χ2n) is 9.81. The van der Waals surface area contributed by atoms with Gasteiger partial charge in [0.25, 0.3) is 0 Å². The fourth-order valence-electron chi connectivity index (χ4n) is 5.41. The molecule has 1 N–H and O–H groups in total. The van der Waals surface area contributed by atoms with Crippen LogP contribution in [-0.4, -0.2) is 58.3 Å². The fourth-order valence-corrected chi connectivity index (χ4v) is 5.41. The number of carbonyl (C=O) groups excluding carboxylic acids is 1. The Labute approximate surface area is 191 Å². The molecule has 1 saturated carbocycles. The van der Waals surface area contributed by atoms with Crippen molar-refractivity contribution >= 4 is 5.97 Å². The summed E-state index contributed by atoms with van der Waals surface area (Å²) in [5.41, 5.74) is 0.164. The largest absolute Gasteiger partial charge is 0.460 e. The van der Waals surface area contributed by atoms with Gasteiger partial charge in [-0.15, -0.1) is 0 Å². The van der Waals surface area contributed by atoms with Gasteiger partial charge in [0.05, 0.1) is 32.4 Å². The zero-order valence-corrected chi connectivity index (χ0v) is 19.2. The Balaban J connectivity index is 1.32. The van der Waals surface area contributed by atoms with E-state index in [4.69, 9.17) is 4.74 Å². The second kappa shape index (κ2) is 10.1. The molecule has 1 saturated heterocycles. The number of nitrogens with zero attached hydrogens (tertiary/aromatic N) is 3. The van der Waals surface area contributed by atoms with E-state index in [0.717, 1.165) is 81.2 Å². The smallest absolute Gasteiger partial charge is 0.343 e. The highest BCUT2D eigenvalue weighted by atomic mass is 16.6. The number of hydrogen-bond acceptors (Lipinski definition) is 5. The molecule has 32 heavy (non-hydrogen) atoms. The number of hydrogen-bond donors (Lipinski definition) is 1. The highest BCUT2D eigenvalue weighted by molar-refractivity contribution is 5.81. The molecule has 1 atom stereocenters. The minimum Gasteiger partial charge on any atom is -0.460 e. The molecule has 2 heterocycles. The number of likely N-dealkylation sites (tertiary alicyclic amines) is 1. The van der Waals surface area contributed by atoms with Crippen LogP contribution in [0.15, 0.2) is 48.9 Å². The van der Waals surface area contributed by atoms with E-state index in [1.54, 1.807) is 12.4 Å². The summed E-state index contributed by atoms with van der Waals surface area (Å²) in [5, 5.41) is 11.6. The Morgan fingerprint density at radius 2 is 1.84 bits per heavy atom. The lowest BCUT2D eigenvalue weighted by Gasteiger charge is -2.41. The van der Waals surface area contributed by atoms with Crippen LogP contribution in [0.25, 0.3) is 0 Å². The number of ether oxygens (including phenoxy) is 1. The highest BCUT2D eigenvalue weighted by Gasteiger charge is 2.49. The molecule has 2 fully saturated rings. The minimum absolute atomic E-state index is 0.0666. The number of rotatable bonds is 8. The molecule has 0 bridgehead atoms. The Hall–Kier alpha value is -2.31. The quantitative estimate of drug-likeness (QED) is 0.503. The van der Waals surface area contributed by atoms with Crippen molar-refractivity contribution in [3.8, 4) is 0 Å². The number of carbonyl (C=O) groups is 1. The van der Waals surface area contributed by atoms with Crippen LogP contribution in [0.1, 0.15) is 56.2 Å². The SMILES string of the molecule is C[N+]1(CCCc2cnccn2)CCC(OC(=O)C(O)(c2ccccc2)C2CCCC2)CC1.